The first kappa shape index (κ1) is 12.9. The van der Waals surface area contributed by atoms with Crippen LogP contribution in [0.4, 0.5) is 0 Å². The second-order valence-electron chi connectivity index (χ2n) is 4.37. The second-order valence-corrected chi connectivity index (χ2v) is 5.51. The number of carbonyl (C=O) groups excluding carboxylic acids is 1. The van der Waals surface area contributed by atoms with Crippen molar-refractivity contribution in [1.82, 2.24) is 5.32 Å². The first-order chi connectivity index (χ1) is 8.65. The topological polar surface area (TPSA) is 87.7 Å². The fourth-order valence-electron chi connectivity index (χ4n) is 2.13. The Hall–Kier alpha value is -1.56. The van der Waals surface area contributed by atoms with Gasteiger partial charge in [0.2, 0.25) is 0 Å². The van der Waals surface area contributed by atoms with E-state index in [4.69, 9.17) is 10.9 Å². The highest BCUT2D eigenvalue weighted by atomic mass is 32.1. The maximum Gasteiger partial charge on any atom is 0.261 e. The van der Waals surface area contributed by atoms with Gasteiger partial charge in [-0.25, -0.2) is 0 Å². The van der Waals surface area contributed by atoms with Crippen molar-refractivity contribution in [2.45, 2.75) is 38.6 Å². The molecule has 6 heteroatoms. The van der Waals surface area contributed by atoms with Gasteiger partial charge in [-0.15, -0.1) is 11.3 Å². The summed E-state index contributed by atoms with van der Waals surface area (Å²) in [6.45, 7) is 1.87. The van der Waals surface area contributed by atoms with E-state index in [1.54, 1.807) is 11.3 Å². The largest absolute Gasteiger partial charge is 0.409 e. The van der Waals surface area contributed by atoms with Gasteiger partial charge in [-0.1, -0.05) is 12.1 Å². The quantitative estimate of drug-likeness (QED) is 0.334. The highest BCUT2D eigenvalue weighted by Crippen LogP contribution is 2.30. The SMILES string of the molecule is CCC(NC(=O)c1cc2c(s1)CCC2)/C(N)=N/O. The number of amidine groups is 1. The van der Waals surface area contributed by atoms with Gasteiger partial charge in [0.05, 0.1) is 10.9 Å². The van der Waals surface area contributed by atoms with Crippen LogP contribution in [-0.4, -0.2) is 23.0 Å². The van der Waals surface area contributed by atoms with Crippen LogP contribution in [0.1, 0.15) is 39.9 Å². The molecule has 0 spiro atoms. The van der Waals surface area contributed by atoms with Crippen molar-refractivity contribution in [1.29, 1.82) is 0 Å². The fourth-order valence-corrected chi connectivity index (χ4v) is 3.28. The molecule has 0 saturated heterocycles. The van der Waals surface area contributed by atoms with Crippen molar-refractivity contribution in [3.63, 3.8) is 0 Å². The monoisotopic (exact) mass is 267 g/mol. The van der Waals surface area contributed by atoms with Gasteiger partial charge in [0.1, 0.15) is 0 Å². The molecule has 0 aromatic carbocycles. The Morgan fingerprint density at radius 2 is 2.44 bits per heavy atom. The van der Waals surface area contributed by atoms with E-state index >= 15 is 0 Å². The summed E-state index contributed by atoms with van der Waals surface area (Å²) in [4.78, 5) is 14.1. The van der Waals surface area contributed by atoms with E-state index in [0.29, 0.717) is 11.3 Å². The minimum atomic E-state index is -0.417. The van der Waals surface area contributed by atoms with Crippen LogP contribution in [0.25, 0.3) is 0 Å². The van der Waals surface area contributed by atoms with E-state index in [-0.39, 0.29) is 11.7 Å². The molecule has 1 unspecified atom stereocenters. The molecule has 98 valence electrons. The molecule has 1 aromatic rings. The van der Waals surface area contributed by atoms with Crippen LogP contribution < -0.4 is 11.1 Å². The third-order valence-corrected chi connectivity index (χ3v) is 4.39. The highest BCUT2D eigenvalue weighted by molar-refractivity contribution is 7.14. The minimum absolute atomic E-state index is 0.0370. The molecule has 0 saturated carbocycles. The zero-order valence-corrected chi connectivity index (χ0v) is 11.1. The summed E-state index contributed by atoms with van der Waals surface area (Å²) in [6.07, 6.45) is 3.92. The number of amides is 1. The number of aryl methyl sites for hydroxylation is 2. The minimum Gasteiger partial charge on any atom is -0.409 e. The fraction of sp³-hybridized carbons (Fsp3) is 0.500. The van der Waals surface area contributed by atoms with Gasteiger partial charge in [0.25, 0.3) is 5.91 Å². The standard InChI is InChI=1S/C12H17N3O2S/c1-2-8(11(13)15-17)14-12(16)10-6-7-4-3-5-9(7)18-10/h6,8,17H,2-5H2,1H3,(H2,13,15)(H,14,16). The van der Waals surface area contributed by atoms with Gasteiger partial charge < -0.3 is 16.3 Å². The van der Waals surface area contributed by atoms with Crippen molar-refractivity contribution >= 4 is 23.1 Å². The first-order valence-corrected chi connectivity index (χ1v) is 6.87. The summed E-state index contributed by atoms with van der Waals surface area (Å²) in [7, 11) is 0. The van der Waals surface area contributed by atoms with Crippen molar-refractivity contribution in [3.8, 4) is 0 Å². The van der Waals surface area contributed by atoms with Crippen LogP contribution in [0.15, 0.2) is 11.2 Å². The summed E-state index contributed by atoms with van der Waals surface area (Å²) in [6, 6.07) is 1.54. The molecule has 1 aliphatic carbocycles. The van der Waals surface area contributed by atoms with E-state index in [1.807, 2.05) is 13.0 Å². The molecule has 1 atom stereocenters. The molecule has 0 radical (unpaired) electrons. The Morgan fingerprint density at radius 1 is 1.67 bits per heavy atom. The van der Waals surface area contributed by atoms with Gasteiger partial charge in [-0.3, -0.25) is 4.79 Å². The van der Waals surface area contributed by atoms with Crippen LogP contribution >= 0.6 is 11.3 Å². The molecule has 0 bridgehead atoms. The van der Waals surface area contributed by atoms with Crippen molar-refractivity contribution < 1.29 is 10.0 Å². The van der Waals surface area contributed by atoms with E-state index in [2.05, 4.69) is 10.5 Å². The van der Waals surface area contributed by atoms with Crippen molar-refractivity contribution in [2.75, 3.05) is 0 Å². The van der Waals surface area contributed by atoms with Crippen molar-refractivity contribution in [3.05, 3.63) is 21.4 Å². The molecule has 1 aliphatic rings. The number of hydrogen-bond donors (Lipinski definition) is 3. The Balaban J connectivity index is 2.07. The number of nitrogens with one attached hydrogen (secondary N) is 1. The molecule has 0 fully saturated rings. The number of hydrogen-bond acceptors (Lipinski definition) is 4. The predicted octanol–water partition coefficient (Wildman–Crippen LogP) is 1.49. The van der Waals surface area contributed by atoms with Crippen LogP contribution in [0, 0.1) is 0 Å². The average Bonchev–Trinajstić information content (AvgIpc) is 2.95. The van der Waals surface area contributed by atoms with E-state index in [1.165, 1.54) is 16.9 Å². The van der Waals surface area contributed by atoms with Gasteiger partial charge in [0, 0.05) is 4.88 Å². The van der Waals surface area contributed by atoms with Gasteiger partial charge in [0.15, 0.2) is 5.84 Å². The Labute approximate surface area is 110 Å². The number of oxime groups is 1. The van der Waals surface area contributed by atoms with E-state index in [9.17, 15) is 4.79 Å². The Morgan fingerprint density at radius 3 is 3.06 bits per heavy atom. The zero-order valence-electron chi connectivity index (χ0n) is 10.3. The predicted molar refractivity (Wildman–Crippen MR) is 71.3 cm³/mol. The first-order valence-electron chi connectivity index (χ1n) is 6.05. The van der Waals surface area contributed by atoms with Gasteiger partial charge in [-0.2, -0.15) is 0 Å². The molecule has 18 heavy (non-hydrogen) atoms. The molecule has 2 rings (SSSR count). The number of fused-ring (bicyclic) bond motifs is 1. The molecule has 1 heterocycles. The maximum atomic E-state index is 12.0. The molecule has 1 amide bonds. The molecular formula is C12H17N3O2S. The highest BCUT2D eigenvalue weighted by Gasteiger charge is 2.21. The summed E-state index contributed by atoms with van der Waals surface area (Å²) in [5.41, 5.74) is 6.81. The Bertz CT molecular complexity index is 460. The molecule has 0 aliphatic heterocycles. The van der Waals surface area contributed by atoms with E-state index < -0.39 is 6.04 Å². The van der Waals surface area contributed by atoms with Crippen LogP contribution in [0.2, 0.25) is 0 Å². The lowest BCUT2D eigenvalue weighted by atomic mass is 10.2. The molecule has 1 aromatic heterocycles. The average molecular weight is 267 g/mol. The number of thiophene rings is 1. The number of nitrogens with two attached hydrogens (primary N) is 1. The summed E-state index contributed by atoms with van der Waals surface area (Å²) in [5.74, 6) is -0.109. The van der Waals surface area contributed by atoms with Crippen molar-refractivity contribution in [2.24, 2.45) is 10.9 Å². The number of carbonyl (C=O) groups is 1. The smallest absolute Gasteiger partial charge is 0.261 e. The summed E-state index contributed by atoms with van der Waals surface area (Å²) >= 11 is 1.55. The lowest BCUT2D eigenvalue weighted by Crippen LogP contribution is -2.43. The lowest BCUT2D eigenvalue weighted by Gasteiger charge is -2.14. The lowest BCUT2D eigenvalue weighted by molar-refractivity contribution is 0.0949. The maximum absolute atomic E-state index is 12.0. The molecule has 4 N–H and O–H groups in total. The van der Waals surface area contributed by atoms with Gasteiger partial charge in [-0.05, 0) is 37.3 Å². The van der Waals surface area contributed by atoms with E-state index in [0.717, 1.165) is 12.8 Å². The van der Waals surface area contributed by atoms with Crippen LogP contribution in [0.5, 0.6) is 0 Å². The number of rotatable bonds is 4. The third-order valence-electron chi connectivity index (χ3n) is 3.16. The molecule has 5 nitrogen and oxygen atoms in total. The van der Waals surface area contributed by atoms with Crippen LogP contribution in [0.3, 0.4) is 0 Å². The summed E-state index contributed by atoms with van der Waals surface area (Å²) in [5, 5.41) is 14.3. The number of nitrogens with zero attached hydrogens (tertiary/aromatic N) is 1. The second kappa shape index (κ2) is 5.39. The molecular weight excluding hydrogens is 250 g/mol. The normalized spacial score (nSPS) is 16.4. The summed E-state index contributed by atoms with van der Waals surface area (Å²) < 4.78 is 0. The third kappa shape index (κ3) is 2.48. The Kier molecular flexibility index (Phi) is 3.86. The zero-order chi connectivity index (χ0) is 13.1. The van der Waals surface area contributed by atoms with Gasteiger partial charge >= 0.3 is 0 Å². The van der Waals surface area contributed by atoms with Crippen LogP contribution in [-0.2, 0) is 12.8 Å².